The van der Waals surface area contributed by atoms with Crippen molar-refractivity contribution in [2.75, 3.05) is 11.1 Å². The molecule has 0 saturated heterocycles. The van der Waals surface area contributed by atoms with Gasteiger partial charge in [0.15, 0.2) is 0 Å². The number of nitrogens with zero attached hydrogens (tertiary/aromatic N) is 2. The molecule has 94 valence electrons. The van der Waals surface area contributed by atoms with Gasteiger partial charge in [0.1, 0.15) is 11.6 Å². The summed E-state index contributed by atoms with van der Waals surface area (Å²) in [6.45, 7) is 2.59. The van der Waals surface area contributed by atoms with Crippen molar-refractivity contribution in [3.05, 3.63) is 44.1 Å². The van der Waals surface area contributed by atoms with Gasteiger partial charge in [0.2, 0.25) is 0 Å². The number of nitro groups is 1. The number of rotatable bonds is 4. The van der Waals surface area contributed by atoms with Crippen molar-refractivity contribution < 1.29 is 4.92 Å². The highest BCUT2D eigenvalue weighted by molar-refractivity contribution is 7.08. The molecular weight excluding hydrogens is 252 g/mol. The molecule has 0 spiro atoms. The van der Waals surface area contributed by atoms with Crippen molar-refractivity contribution in [1.82, 2.24) is 4.98 Å². The number of hydrogen-bond acceptors (Lipinski definition) is 6. The first-order chi connectivity index (χ1) is 8.56. The van der Waals surface area contributed by atoms with Crippen LogP contribution in [0, 0.1) is 17.0 Å². The van der Waals surface area contributed by atoms with E-state index in [0.29, 0.717) is 12.4 Å². The number of anilines is 2. The zero-order valence-electron chi connectivity index (χ0n) is 9.71. The fourth-order valence-corrected chi connectivity index (χ4v) is 2.34. The smallest absolute Gasteiger partial charge is 0.276 e. The highest BCUT2D eigenvalue weighted by atomic mass is 32.1. The average Bonchev–Trinajstić information content (AvgIpc) is 2.71. The molecule has 2 rings (SSSR count). The van der Waals surface area contributed by atoms with Gasteiger partial charge in [-0.2, -0.15) is 11.3 Å². The molecule has 0 aliphatic carbocycles. The van der Waals surface area contributed by atoms with Crippen LogP contribution in [0.1, 0.15) is 11.1 Å². The monoisotopic (exact) mass is 264 g/mol. The Labute approximate surface area is 108 Å². The van der Waals surface area contributed by atoms with Crippen LogP contribution < -0.4 is 11.1 Å². The fraction of sp³-hybridized carbons (Fsp3) is 0.182. The first-order valence-corrected chi connectivity index (χ1v) is 6.18. The minimum absolute atomic E-state index is 0.0629. The predicted molar refractivity (Wildman–Crippen MR) is 71.7 cm³/mol. The summed E-state index contributed by atoms with van der Waals surface area (Å²) >= 11 is 1.62. The molecule has 0 aromatic carbocycles. The summed E-state index contributed by atoms with van der Waals surface area (Å²) in [6, 6.07) is 2.61. The summed E-state index contributed by atoms with van der Waals surface area (Å²) in [5, 5.41) is 17.8. The Hall–Kier alpha value is -2.15. The SMILES string of the molecule is Cc1cscc1CNc1cc([N+](=O)[O-])cc(N)n1. The highest BCUT2D eigenvalue weighted by Gasteiger charge is 2.09. The number of nitrogens with one attached hydrogen (secondary N) is 1. The molecule has 6 nitrogen and oxygen atoms in total. The second kappa shape index (κ2) is 5.01. The maximum absolute atomic E-state index is 10.7. The third-order valence-corrected chi connectivity index (χ3v) is 3.37. The van der Waals surface area contributed by atoms with Crippen LogP contribution in [0.5, 0.6) is 0 Å². The summed E-state index contributed by atoms with van der Waals surface area (Å²) in [6.07, 6.45) is 0. The topological polar surface area (TPSA) is 94.1 Å². The van der Waals surface area contributed by atoms with Gasteiger partial charge in [-0.05, 0) is 28.8 Å². The quantitative estimate of drug-likeness (QED) is 0.653. The number of aromatic nitrogens is 1. The third kappa shape index (κ3) is 2.75. The molecule has 0 bridgehead atoms. The molecule has 0 saturated carbocycles. The Morgan fingerprint density at radius 1 is 1.50 bits per heavy atom. The molecule has 0 atom stereocenters. The van der Waals surface area contributed by atoms with Crippen LogP contribution in [0.15, 0.2) is 22.9 Å². The second-order valence-corrected chi connectivity index (χ2v) is 4.57. The molecule has 0 unspecified atom stereocenters. The van der Waals surface area contributed by atoms with Crippen LogP contribution in [0.3, 0.4) is 0 Å². The van der Waals surface area contributed by atoms with E-state index < -0.39 is 4.92 Å². The lowest BCUT2D eigenvalue weighted by Gasteiger charge is -2.06. The Kier molecular flexibility index (Phi) is 3.42. The van der Waals surface area contributed by atoms with Crippen molar-refractivity contribution in [1.29, 1.82) is 0 Å². The van der Waals surface area contributed by atoms with Gasteiger partial charge >= 0.3 is 0 Å². The maximum atomic E-state index is 10.7. The van der Waals surface area contributed by atoms with Crippen molar-refractivity contribution in [2.24, 2.45) is 0 Å². The van der Waals surface area contributed by atoms with Crippen molar-refractivity contribution in [3.8, 4) is 0 Å². The Bertz CT molecular complexity index is 582. The molecular formula is C11H12N4O2S. The summed E-state index contributed by atoms with van der Waals surface area (Å²) in [4.78, 5) is 14.2. The lowest BCUT2D eigenvalue weighted by molar-refractivity contribution is -0.384. The van der Waals surface area contributed by atoms with E-state index in [0.717, 1.165) is 5.56 Å². The van der Waals surface area contributed by atoms with E-state index >= 15 is 0 Å². The largest absolute Gasteiger partial charge is 0.383 e. The zero-order chi connectivity index (χ0) is 13.1. The van der Waals surface area contributed by atoms with Crippen molar-refractivity contribution >= 4 is 28.7 Å². The lowest BCUT2D eigenvalue weighted by Crippen LogP contribution is -2.04. The number of hydrogen-bond donors (Lipinski definition) is 2. The van der Waals surface area contributed by atoms with E-state index in [1.165, 1.54) is 17.7 Å². The van der Waals surface area contributed by atoms with Crippen LogP contribution in [0.4, 0.5) is 17.3 Å². The van der Waals surface area contributed by atoms with Crippen LogP contribution in [0.25, 0.3) is 0 Å². The van der Waals surface area contributed by atoms with E-state index in [4.69, 9.17) is 5.73 Å². The van der Waals surface area contributed by atoms with Crippen LogP contribution in [-0.2, 0) is 6.54 Å². The third-order valence-electron chi connectivity index (χ3n) is 2.46. The van der Waals surface area contributed by atoms with E-state index in [2.05, 4.69) is 10.3 Å². The number of thiophene rings is 1. The van der Waals surface area contributed by atoms with Crippen LogP contribution in [0.2, 0.25) is 0 Å². The molecule has 0 fully saturated rings. The van der Waals surface area contributed by atoms with Gasteiger partial charge in [0.25, 0.3) is 5.69 Å². The van der Waals surface area contributed by atoms with Crippen molar-refractivity contribution in [3.63, 3.8) is 0 Å². The van der Waals surface area contributed by atoms with Gasteiger partial charge in [0.05, 0.1) is 17.1 Å². The number of pyridine rings is 1. The van der Waals surface area contributed by atoms with Crippen LogP contribution >= 0.6 is 11.3 Å². The minimum Gasteiger partial charge on any atom is -0.383 e. The predicted octanol–water partition coefficient (Wildman–Crippen LogP) is 2.55. The van der Waals surface area contributed by atoms with Crippen molar-refractivity contribution in [2.45, 2.75) is 13.5 Å². The Morgan fingerprint density at radius 2 is 2.28 bits per heavy atom. The molecule has 0 aliphatic rings. The molecule has 7 heteroatoms. The molecule has 18 heavy (non-hydrogen) atoms. The minimum atomic E-state index is -0.487. The van der Waals surface area contributed by atoms with Gasteiger partial charge in [-0.1, -0.05) is 0 Å². The van der Waals surface area contributed by atoms with Gasteiger partial charge in [-0.3, -0.25) is 10.1 Å². The first kappa shape index (κ1) is 12.3. The molecule has 3 N–H and O–H groups in total. The zero-order valence-corrected chi connectivity index (χ0v) is 10.5. The van der Waals surface area contributed by atoms with Gasteiger partial charge < -0.3 is 11.1 Å². The standard InChI is InChI=1S/C11H12N4O2S/c1-7-5-18-6-8(7)4-13-11-3-9(15(16)17)2-10(12)14-11/h2-3,5-6H,4H2,1H3,(H3,12,13,14). The first-order valence-electron chi connectivity index (χ1n) is 5.24. The molecule has 2 aromatic rings. The normalized spacial score (nSPS) is 10.3. The van der Waals surface area contributed by atoms with E-state index in [9.17, 15) is 10.1 Å². The van der Waals surface area contributed by atoms with Crippen LogP contribution in [-0.4, -0.2) is 9.91 Å². The summed E-state index contributed by atoms with van der Waals surface area (Å²) in [5.74, 6) is 0.543. The lowest BCUT2D eigenvalue weighted by atomic mass is 10.2. The van der Waals surface area contributed by atoms with Gasteiger partial charge in [-0.25, -0.2) is 4.98 Å². The van der Waals surface area contributed by atoms with E-state index in [-0.39, 0.29) is 11.5 Å². The van der Waals surface area contributed by atoms with Gasteiger partial charge in [-0.15, -0.1) is 0 Å². The number of aryl methyl sites for hydroxylation is 1. The molecule has 0 amide bonds. The van der Waals surface area contributed by atoms with Gasteiger partial charge in [0, 0.05) is 6.54 Å². The molecule has 2 heterocycles. The fourth-order valence-electron chi connectivity index (χ4n) is 1.49. The summed E-state index contributed by atoms with van der Waals surface area (Å²) < 4.78 is 0. The molecule has 2 aromatic heterocycles. The average molecular weight is 264 g/mol. The number of nitrogens with two attached hydrogens (primary N) is 1. The van der Waals surface area contributed by atoms with E-state index in [1.54, 1.807) is 11.3 Å². The number of nitrogen functional groups attached to an aromatic ring is 1. The highest BCUT2D eigenvalue weighted by Crippen LogP contribution is 2.20. The Balaban J connectivity index is 2.14. The summed E-state index contributed by atoms with van der Waals surface area (Å²) in [7, 11) is 0. The maximum Gasteiger partial charge on any atom is 0.276 e. The molecule has 0 radical (unpaired) electrons. The second-order valence-electron chi connectivity index (χ2n) is 3.83. The Morgan fingerprint density at radius 3 is 2.89 bits per heavy atom. The summed E-state index contributed by atoms with van der Waals surface area (Å²) in [5.41, 5.74) is 7.79. The molecule has 0 aliphatic heterocycles. The van der Waals surface area contributed by atoms with E-state index in [1.807, 2.05) is 17.7 Å².